The summed E-state index contributed by atoms with van der Waals surface area (Å²) in [7, 11) is 1.46. The lowest BCUT2D eigenvalue weighted by Gasteiger charge is -2.31. The van der Waals surface area contributed by atoms with Crippen LogP contribution in [0.25, 0.3) is 0 Å². The number of carboxylic acids is 1. The molecule has 0 radical (unpaired) electrons. The lowest BCUT2D eigenvalue weighted by molar-refractivity contribution is -0.384. The van der Waals surface area contributed by atoms with Gasteiger partial charge in [-0.1, -0.05) is 12.1 Å². The molecule has 4 amide bonds. The summed E-state index contributed by atoms with van der Waals surface area (Å²) in [5.41, 5.74) is -0.222. The van der Waals surface area contributed by atoms with Crippen LogP contribution in [0.2, 0.25) is 0 Å². The van der Waals surface area contributed by atoms with Gasteiger partial charge < -0.3 is 25.4 Å². The molecule has 0 bridgehead atoms. The molecule has 3 N–H and O–H groups in total. The van der Waals surface area contributed by atoms with Crippen molar-refractivity contribution < 1.29 is 42.7 Å². The number of urea groups is 1. The predicted molar refractivity (Wildman–Crippen MR) is 146 cm³/mol. The van der Waals surface area contributed by atoms with E-state index in [9.17, 15) is 43.2 Å². The number of rotatable bonds is 9. The van der Waals surface area contributed by atoms with Crippen LogP contribution in [-0.4, -0.2) is 70.0 Å². The van der Waals surface area contributed by atoms with Gasteiger partial charge in [-0.2, -0.15) is 0 Å². The molecule has 43 heavy (non-hydrogen) atoms. The third-order valence-electron chi connectivity index (χ3n) is 6.61. The fraction of sp³-hybridized carbons (Fsp3) is 0.214. The maximum atomic E-state index is 13.9. The summed E-state index contributed by atoms with van der Waals surface area (Å²) < 4.78 is 32.6. The fourth-order valence-electron chi connectivity index (χ4n) is 4.53. The van der Waals surface area contributed by atoms with E-state index >= 15 is 0 Å². The molecule has 0 aromatic heterocycles. The Morgan fingerprint density at radius 3 is 2.35 bits per heavy atom. The van der Waals surface area contributed by atoms with Gasteiger partial charge in [0.25, 0.3) is 17.5 Å². The largest absolute Gasteiger partial charge is 0.497 e. The molecule has 0 aliphatic carbocycles. The molecule has 1 saturated heterocycles. The zero-order chi connectivity index (χ0) is 31.3. The van der Waals surface area contributed by atoms with Crippen LogP contribution in [0.1, 0.15) is 28.4 Å². The van der Waals surface area contributed by atoms with Gasteiger partial charge in [0.15, 0.2) is 17.8 Å². The molecule has 1 fully saturated rings. The van der Waals surface area contributed by atoms with Gasteiger partial charge in [0, 0.05) is 36.5 Å². The highest BCUT2D eigenvalue weighted by Crippen LogP contribution is 2.26. The monoisotopic (exact) mass is 597 g/mol. The van der Waals surface area contributed by atoms with Gasteiger partial charge in [-0.25, -0.2) is 13.6 Å². The van der Waals surface area contributed by atoms with E-state index in [4.69, 9.17) is 4.74 Å². The highest BCUT2D eigenvalue weighted by atomic mass is 19.2. The average Bonchev–Trinajstić information content (AvgIpc) is 3.44. The molecule has 15 heteroatoms. The van der Waals surface area contributed by atoms with E-state index in [2.05, 4.69) is 10.6 Å². The van der Waals surface area contributed by atoms with Crippen LogP contribution in [0.3, 0.4) is 0 Å². The topological polar surface area (TPSA) is 171 Å². The first-order valence-electron chi connectivity index (χ1n) is 12.7. The first-order valence-corrected chi connectivity index (χ1v) is 12.7. The van der Waals surface area contributed by atoms with E-state index < -0.39 is 59.0 Å². The zero-order valence-electron chi connectivity index (χ0n) is 22.5. The summed E-state index contributed by atoms with van der Waals surface area (Å²) in [6.45, 7) is -0.345. The molecule has 224 valence electrons. The van der Waals surface area contributed by atoms with Gasteiger partial charge in [0.05, 0.1) is 24.5 Å². The number of carbonyl (C=O) groups excluding carboxylic acids is 3. The molecule has 1 aliphatic heterocycles. The second kappa shape index (κ2) is 12.9. The number of amides is 4. The Labute approximate surface area is 242 Å². The highest BCUT2D eigenvalue weighted by molar-refractivity contribution is 6.00. The number of benzene rings is 3. The number of aliphatic carboxylic acids is 1. The molecular weight excluding hydrogens is 572 g/mol. The minimum absolute atomic E-state index is 0.0932. The third-order valence-corrected chi connectivity index (χ3v) is 6.61. The van der Waals surface area contributed by atoms with Crippen LogP contribution in [0.15, 0.2) is 66.7 Å². The summed E-state index contributed by atoms with van der Waals surface area (Å²) in [5, 5.41) is 25.9. The summed E-state index contributed by atoms with van der Waals surface area (Å²) in [6.07, 6.45) is -2.34. The number of ether oxygens (including phenoxy) is 1. The Morgan fingerprint density at radius 1 is 1.02 bits per heavy atom. The van der Waals surface area contributed by atoms with Crippen molar-refractivity contribution in [3.8, 4) is 5.75 Å². The minimum Gasteiger partial charge on any atom is -0.497 e. The number of nitro groups is 1. The third kappa shape index (κ3) is 7.01. The first kappa shape index (κ1) is 30.4. The molecule has 0 spiro atoms. The van der Waals surface area contributed by atoms with E-state index in [1.807, 2.05) is 0 Å². The Bertz CT molecular complexity index is 1570. The minimum atomic E-state index is -1.66. The maximum absolute atomic E-state index is 13.9. The predicted octanol–water partition coefficient (Wildman–Crippen LogP) is 3.53. The normalized spacial score (nSPS) is 15.0. The number of hydrogen-bond donors (Lipinski definition) is 3. The first-order chi connectivity index (χ1) is 20.5. The number of anilines is 1. The van der Waals surface area contributed by atoms with Crippen molar-refractivity contribution in [3.05, 3.63) is 99.6 Å². The van der Waals surface area contributed by atoms with Crippen molar-refractivity contribution in [1.82, 2.24) is 15.1 Å². The van der Waals surface area contributed by atoms with Crippen LogP contribution in [0, 0.1) is 21.7 Å². The van der Waals surface area contributed by atoms with Crippen molar-refractivity contribution in [2.24, 2.45) is 0 Å². The smallest absolute Gasteiger partial charge is 0.323 e. The average molecular weight is 598 g/mol. The van der Waals surface area contributed by atoms with Gasteiger partial charge in [-0.05, 0) is 48.0 Å². The van der Waals surface area contributed by atoms with Crippen LogP contribution >= 0.6 is 0 Å². The van der Waals surface area contributed by atoms with Gasteiger partial charge >= 0.3 is 12.0 Å². The number of methoxy groups -OCH3 is 1. The summed E-state index contributed by atoms with van der Waals surface area (Å²) in [6, 6.07) is 11.6. The van der Waals surface area contributed by atoms with Gasteiger partial charge in [-0.15, -0.1) is 0 Å². The Morgan fingerprint density at radius 2 is 1.72 bits per heavy atom. The van der Waals surface area contributed by atoms with Crippen molar-refractivity contribution >= 4 is 35.2 Å². The van der Waals surface area contributed by atoms with E-state index in [-0.39, 0.29) is 29.9 Å². The molecule has 3 aromatic carbocycles. The highest BCUT2D eigenvalue weighted by Gasteiger charge is 2.44. The Hall–Kier alpha value is -5.60. The van der Waals surface area contributed by atoms with Gasteiger partial charge in [0.2, 0.25) is 0 Å². The van der Waals surface area contributed by atoms with E-state index in [0.717, 1.165) is 28.0 Å². The van der Waals surface area contributed by atoms with Gasteiger partial charge in [-0.3, -0.25) is 29.4 Å². The number of carboxylic acid groups (broad SMARTS) is 1. The number of nitrogens with one attached hydrogen (secondary N) is 2. The van der Waals surface area contributed by atoms with Gasteiger partial charge in [0.1, 0.15) is 5.75 Å². The number of nitro benzene ring substituents is 1. The molecule has 0 saturated carbocycles. The van der Waals surface area contributed by atoms with Crippen LogP contribution in [0.5, 0.6) is 5.75 Å². The maximum Gasteiger partial charge on any atom is 0.323 e. The lowest BCUT2D eigenvalue weighted by Crippen LogP contribution is -2.55. The summed E-state index contributed by atoms with van der Waals surface area (Å²) in [4.78, 5) is 64.7. The van der Waals surface area contributed by atoms with E-state index in [0.29, 0.717) is 17.5 Å². The van der Waals surface area contributed by atoms with Crippen LogP contribution < -0.4 is 15.4 Å². The number of halogens is 2. The molecule has 1 heterocycles. The molecular formula is C28H25F2N5O8. The molecule has 2 atom stereocenters. The Kier molecular flexibility index (Phi) is 9.13. The van der Waals surface area contributed by atoms with Crippen LogP contribution in [0.4, 0.5) is 25.0 Å². The number of hydrogen-bond acceptors (Lipinski definition) is 7. The number of nitrogens with zero attached hydrogens (tertiary/aromatic N) is 3. The van der Waals surface area contributed by atoms with Crippen molar-refractivity contribution in [3.63, 3.8) is 0 Å². The molecule has 4 rings (SSSR count). The van der Waals surface area contributed by atoms with Crippen molar-refractivity contribution in [2.75, 3.05) is 25.5 Å². The van der Waals surface area contributed by atoms with E-state index in [1.165, 1.54) is 37.4 Å². The SMILES string of the molecule is COc1ccc(NC(=O)N2CCN(C(=O)c3ccc(F)c(F)c3)C2C(=O)NC(CC(=O)O)c2cccc([N+](=O)[O-])c2)cc1. The quantitative estimate of drug-likeness (QED) is 0.248. The number of non-ortho nitro benzene ring substituents is 1. The molecule has 3 aromatic rings. The van der Waals surface area contributed by atoms with E-state index in [1.54, 1.807) is 12.1 Å². The second-order valence-corrected chi connectivity index (χ2v) is 9.36. The Balaban J connectivity index is 1.67. The fourth-order valence-corrected chi connectivity index (χ4v) is 4.53. The molecule has 2 unspecified atom stereocenters. The lowest BCUT2D eigenvalue weighted by atomic mass is 10.0. The van der Waals surface area contributed by atoms with Crippen LogP contribution in [-0.2, 0) is 9.59 Å². The van der Waals surface area contributed by atoms with Crippen molar-refractivity contribution in [2.45, 2.75) is 18.6 Å². The molecule has 1 aliphatic rings. The standard InChI is InChI=1S/C28H25F2N5O8/c1-43-20-8-6-18(7-9-20)31-28(40)34-12-11-33(27(39)17-5-10-21(29)22(30)14-17)26(34)25(38)32-23(15-24(36)37)16-3-2-4-19(13-16)35(41)42/h2-10,13-14,23,26H,11-12,15H2,1H3,(H,31,40)(H,32,38)(H,36,37). The summed E-state index contributed by atoms with van der Waals surface area (Å²) >= 11 is 0. The zero-order valence-corrected chi connectivity index (χ0v) is 22.5. The molecule has 13 nitrogen and oxygen atoms in total. The second-order valence-electron chi connectivity index (χ2n) is 9.36. The summed E-state index contributed by atoms with van der Waals surface area (Å²) in [5.74, 6) is -5.20. The van der Waals surface area contributed by atoms with Crippen molar-refractivity contribution in [1.29, 1.82) is 0 Å². The number of carbonyl (C=O) groups is 4.